The monoisotopic (exact) mass is 367 g/mol. The summed E-state index contributed by atoms with van der Waals surface area (Å²) in [6.07, 6.45) is -2.89. The summed E-state index contributed by atoms with van der Waals surface area (Å²) in [5, 5.41) is 22.7. The summed E-state index contributed by atoms with van der Waals surface area (Å²) >= 11 is 0. The number of aliphatic hydroxyl groups excluding tert-OH is 1. The van der Waals surface area contributed by atoms with Crippen LogP contribution >= 0.6 is 0 Å². The molecule has 0 saturated carbocycles. The summed E-state index contributed by atoms with van der Waals surface area (Å²) in [5.41, 5.74) is 0.549. The average Bonchev–Trinajstić information content (AvgIpc) is 3.10. The van der Waals surface area contributed by atoms with Crippen LogP contribution in [0.5, 0.6) is 5.75 Å². The maximum atomic E-state index is 12.2. The first-order valence-corrected chi connectivity index (χ1v) is 7.96. The lowest BCUT2D eigenvalue weighted by Gasteiger charge is -2.31. The fourth-order valence-electron chi connectivity index (χ4n) is 2.84. The lowest BCUT2D eigenvalue weighted by molar-refractivity contribution is -0.274. The highest BCUT2D eigenvalue weighted by molar-refractivity contribution is 5.38. The van der Waals surface area contributed by atoms with Crippen LogP contribution in [0.25, 0.3) is 5.69 Å². The Balaban J connectivity index is 1.64. The van der Waals surface area contributed by atoms with Crippen molar-refractivity contribution in [2.45, 2.75) is 25.3 Å². The first-order chi connectivity index (χ1) is 12.4. The van der Waals surface area contributed by atoms with Crippen LogP contribution in [-0.4, -0.2) is 45.4 Å². The minimum atomic E-state index is -4.73. The van der Waals surface area contributed by atoms with Crippen molar-refractivity contribution in [3.8, 4) is 17.5 Å². The molecule has 2 heterocycles. The molecule has 26 heavy (non-hydrogen) atoms. The van der Waals surface area contributed by atoms with Crippen molar-refractivity contribution in [2.75, 3.05) is 18.0 Å². The van der Waals surface area contributed by atoms with Crippen molar-refractivity contribution >= 4 is 5.95 Å². The Hall–Kier alpha value is -2.80. The van der Waals surface area contributed by atoms with E-state index in [0.717, 1.165) is 0 Å². The Morgan fingerprint density at radius 1 is 1.23 bits per heavy atom. The molecule has 3 rings (SSSR count). The highest BCUT2D eigenvalue weighted by Gasteiger charge is 2.31. The topological polar surface area (TPSA) is 87.2 Å². The van der Waals surface area contributed by atoms with Gasteiger partial charge in [-0.15, -0.1) is 18.3 Å². The molecule has 7 nitrogen and oxygen atoms in total. The number of nitrogens with zero attached hydrogens (tertiary/aromatic N) is 5. The molecule has 1 aliphatic heterocycles. The van der Waals surface area contributed by atoms with E-state index in [2.05, 4.69) is 14.8 Å². The molecule has 1 atom stereocenters. The van der Waals surface area contributed by atoms with Crippen molar-refractivity contribution in [3.63, 3.8) is 0 Å². The molecular formula is C16H16F3N5O2. The normalized spacial score (nSPS) is 17.0. The first kappa shape index (κ1) is 18.0. The van der Waals surface area contributed by atoms with E-state index in [-0.39, 0.29) is 11.7 Å². The van der Waals surface area contributed by atoms with Crippen molar-refractivity contribution < 1.29 is 23.0 Å². The van der Waals surface area contributed by atoms with E-state index in [1.54, 1.807) is 0 Å². The zero-order valence-corrected chi connectivity index (χ0v) is 13.6. The number of benzene rings is 1. The number of aliphatic hydroxyl groups is 1. The van der Waals surface area contributed by atoms with Gasteiger partial charge in [-0.2, -0.15) is 10.2 Å². The van der Waals surface area contributed by atoms with E-state index in [9.17, 15) is 18.3 Å². The molecule has 0 amide bonds. The van der Waals surface area contributed by atoms with Gasteiger partial charge < -0.3 is 14.7 Å². The van der Waals surface area contributed by atoms with Gasteiger partial charge in [0.25, 0.3) is 0 Å². The van der Waals surface area contributed by atoms with Crippen LogP contribution in [0.2, 0.25) is 0 Å². The molecule has 0 spiro atoms. The highest BCUT2D eigenvalue weighted by Crippen LogP contribution is 2.25. The van der Waals surface area contributed by atoms with Gasteiger partial charge in [-0.1, -0.05) is 0 Å². The third kappa shape index (κ3) is 4.23. The van der Waals surface area contributed by atoms with Gasteiger partial charge in [0.2, 0.25) is 5.95 Å². The standard InChI is InChI=1S/C16H16F3N5O2/c17-16(18,19)26-13-3-1-12(2-4-13)24-10-21-15(22-24)23-7-5-11(6-8-23)14(25)9-20/h1-4,10-11,14,25H,5-8H2. The second kappa shape index (κ2) is 7.21. The predicted molar refractivity (Wildman–Crippen MR) is 84.6 cm³/mol. The van der Waals surface area contributed by atoms with Crippen LogP contribution in [0.4, 0.5) is 19.1 Å². The summed E-state index contributed by atoms with van der Waals surface area (Å²) in [4.78, 5) is 6.17. The van der Waals surface area contributed by atoms with Gasteiger partial charge in [0, 0.05) is 19.0 Å². The van der Waals surface area contributed by atoms with Gasteiger partial charge >= 0.3 is 6.36 Å². The van der Waals surface area contributed by atoms with Gasteiger partial charge in [-0.3, -0.25) is 0 Å². The second-order valence-electron chi connectivity index (χ2n) is 5.93. The minimum Gasteiger partial charge on any atom is -0.406 e. The number of aromatic nitrogens is 3. The summed E-state index contributed by atoms with van der Waals surface area (Å²) < 4.78 is 41.9. The molecule has 138 valence electrons. The van der Waals surface area contributed by atoms with Crippen LogP contribution in [0.3, 0.4) is 0 Å². The van der Waals surface area contributed by atoms with Gasteiger partial charge in [0.1, 0.15) is 18.2 Å². The summed E-state index contributed by atoms with van der Waals surface area (Å²) in [7, 11) is 0. The lowest BCUT2D eigenvalue weighted by Crippen LogP contribution is -2.38. The molecule has 0 bridgehead atoms. The number of hydrogen-bond acceptors (Lipinski definition) is 6. The van der Waals surface area contributed by atoms with Gasteiger partial charge in [-0.25, -0.2) is 4.68 Å². The molecule has 2 aromatic rings. The minimum absolute atomic E-state index is 0.0560. The smallest absolute Gasteiger partial charge is 0.406 e. The molecule has 1 aromatic heterocycles. The maximum Gasteiger partial charge on any atom is 0.573 e. The third-order valence-corrected chi connectivity index (χ3v) is 4.22. The Kier molecular flexibility index (Phi) is 4.99. The second-order valence-corrected chi connectivity index (χ2v) is 5.93. The molecule has 1 fully saturated rings. The molecular weight excluding hydrogens is 351 g/mol. The van der Waals surface area contributed by atoms with E-state index in [0.29, 0.717) is 37.6 Å². The molecule has 0 radical (unpaired) electrons. The van der Waals surface area contributed by atoms with E-state index in [1.807, 2.05) is 11.0 Å². The molecule has 1 aromatic carbocycles. The Morgan fingerprint density at radius 2 is 1.88 bits per heavy atom. The van der Waals surface area contributed by atoms with Gasteiger partial charge in [-0.05, 0) is 37.1 Å². The average molecular weight is 367 g/mol. The van der Waals surface area contributed by atoms with E-state index >= 15 is 0 Å². The molecule has 1 N–H and O–H groups in total. The SMILES string of the molecule is N#CC(O)C1CCN(c2ncn(-c3ccc(OC(F)(F)F)cc3)n2)CC1. The maximum absolute atomic E-state index is 12.2. The molecule has 0 aliphatic carbocycles. The van der Waals surface area contributed by atoms with Gasteiger partial charge in [0.05, 0.1) is 11.8 Å². The predicted octanol–water partition coefficient (Wildman–Crippen LogP) is 2.27. The Morgan fingerprint density at radius 3 is 2.46 bits per heavy atom. The fourth-order valence-corrected chi connectivity index (χ4v) is 2.84. The molecule has 1 aliphatic rings. The van der Waals surface area contributed by atoms with E-state index in [4.69, 9.17) is 5.26 Å². The quantitative estimate of drug-likeness (QED) is 0.834. The van der Waals surface area contributed by atoms with E-state index in [1.165, 1.54) is 35.3 Å². The number of hydrogen-bond donors (Lipinski definition) is 1. The number of anilines is 1. The zero-order valence-electron chi connectivity index (χ0n) is 13.6. The first-order valence-electron chi connectivity index (χ1n) is 7.96. The highest BCUT2D eigenvalue weighted by atomic mass is 19.4. The van der Waals surface area contributed by atoms with Crippen LogP contribution in [0.15, 0.2) is 30.6 Å². The summed E-state index contributed by atoms with van der Waals surface area (Å²) in [6.45, 7) is 1.23. The van der Waals surface area contributed by atoms with Crippen molar-refractivity contribution in [1.82, 2.24) is 14.8 Å². The fraction of sp³-hybridized carbons (Fsp3) is 0.438. The van der Waals surface area contributed by atoms with Crippen LogP contribution in [-0.2, 0) is 0 Å². The van der Waals surface area contributed by atoms with Crippen LogP contribution in [0.1, 0.15) is 12.8 Å². The molecule has 10 heteroatoms. The Bertz CT molecular complexity index is 776. The van der Waals surface area contributed by atoms with Crippen molar-refractivity contribution in [1.29, 1.82) is 5.26 Å². The largest absolute Gasteiger partial charge is 0.573 e. The number of rotatable bonds is 4. The van der Waals surface area contributed by atoms with Gasteiger partial charge in [0.15, 0.2) is 0 Å². The van der Waals surface area contributed by atoms with Crippen molar-refractivity contribution in [3.05, 3.63) is 30.6 Å². The Labute approximate surface area is 147 Å². The number of ether oxygens (including phenoxy) is 1. The van der Waals surface area contributed by atoms with Crippen molar-refractivity contribution in [2.24, 2.45) is 5.92 Å². The van der Waals surface area contributed by atoms with Crippen LogP contribution in [0, 0.1) is 17.2 Å². The van der Waals surface area contributed by atoms with Crippen LogP contribution < -0.4 is 9.64 Å². The third-order valence-electron chi connectivity index (χ3n) is 4.22. The number of nitriles is 1. The molecule has 1 saturated heterocycles. The number of alkyl halides is 3. The van der Waals surface area contributed by atoms with E-state index < -0.39 is 12.5 Å². The molecule has 1 unspecified atom stereocenters. The lowest BCUT2D eigenvalue weighted by atomic mass is 9.92. The summed E-state index contributed by atoms with van der Waals surface area (Å²) in [6, 6.07) is 7.18. The number of halogens is 3. The summed E-state index contributed by atoms with van der Waals surface area (Å²) in [5.74, 6) is 0.129. The zero-order chi connectivity index (χ0) is 18.7. The number of piperidine rings is 1.